The first kappa shape index (κ1) is 8.29. The second-order valence-electron chi connectivity index (χ2n) is 3.55. The van der Waals surface area contributed by atoms with Gasteiger partial charge in [-0.1, -0.05) is 6.08 Å². The van der Waals surface area contributed by atoms with Crippen LogP contribution in [-0.2, 0) is 4.79 Å². The van der Waals surface area contributed by atoms with Crippen LogP contribution in [-0.4, -0.2) is 15.8 Å². The van der Waals surface area contributed by atoms with Crippen molar-refractivity contribution in [2.75, 3.05) is 0 Å². The summed E-state index contributed by atoms with van der Waals surface area (Å²) >= 11 is 0. The lowest BCUT2D eigenvalue weighted by atomic mass is 9.92. The first-order valence-electron chi connectivity index (χ1n) is 4.78. The molecule has 0 aliphatic heterocycles. The molecule has 2 aliphatic rings. The smallest absolute Gasteiger partial charge is 0.178 e. The highest BCUT2D eigenvalue weighted by Crippen LogP contribution is 2.21. The predicted octanol–water partition coefficient (Wildman–Crippen LogP) is -0.123. The van der Waals surface area contributed by atoms with Crippen LogP contribution in [0.2, 0.25) is 0 Å². The minimum Gasteiger partial charge on any atom is -0.290 e. The van der Waals surface area contributed by atoms with Crippen molar-refractivity contribution in [2.24, 2.45) is 0 Å². The lowest BCUT2D eigenvalue weighted by Gasteiger charge is -2.13. The normalized spacial score (nSPS) is 17.7. The number of carbonyl (C=O) groups is 1. The maximum atomic E-state index is 11.2. The largest absolute Gasteiger partial charge is 0.290 e. The molecule has 3 rings (SSSR count). The fourth-order valence-corrected chi connectivity index (χ4v) is 1.90. The number of hydrogen-bond donors (Lipinski definition) is 0. The van der Waals surface area contributed by atoms with E-state index in [4.69, 9.17) is 0 Å². The predicted molar refractivity (Wildman–Crippen MR) is 56.0 cm³/mol. The first-order valence-corrected chi connectivity index (χ1v) is 4.78. The molecule has 1 aromatic rings. The van der Waals surface area contributed by atoms with Crippen LogP contribution < -0.4 is 10.6 Å². The fourth-order valence-electron chi connectivity index (χ4n) is 1.90. The van der Waals surface area contributed by atoms with E-state index in [-0.39, 0.29) is 5.78 Å². The van der Waals surface area contributed by atoms with Crippen LogP contribution in [0.4, 0.5) is 0 Å². The quantitative estimate of drug-likeness (QED) is 0.581. The molecular weight excluding hydrogens is 188 g/mol. The van der Waals surface area contributed by atoms with E-state index in [1.165, 1.54) is 6.33 Å². The molecule has 0 aromatic carbocycles. The highest BCUT2D eigenvalue weighted by atomic mass is 16.1. The van der Waals surface area contributed by atoms with E-state index in [2.05, 4.69) is 16.0 Å². The molecule has 0 amide bonds. The molecule has 0 atom stereocenters. The van der Waals surface area contributed by atoms with Crippen LogP contribution in [0.1, 0.15) is 6.42 Å². The van der Waals surface area contributed by atoms with Crippen LogP contribution in [0.25, 0.3) is 11.6 Å². The Hall–Kier alpha value is -2.03. The average molecular weight is 196 g/mol. The van der Waals surface area contributed by atoms with Gasteiger partial charge >= 0.3 is 0 Å². The molecule has 0 saturated carbocycles. The molecule has 1 heterocycles. The Bertz CT molecular complexity index is 623. The molecule has 0 spiro atoms. The molecule has 0 bridgehead atoms. The van der Waals surface area contributed by atoms with Gasteiger partial charge in [-0.15, -0.1) is 0 Å². The maximum absolute atomic E-state index is 11.2. The van der Waals surface area contributed by atoms with E-state index in [0.29, 0.717) is 0 Å². The van der Waals surface area contributed by atoms with E-state index in [1.807, 2.05) is 6.08 Å². The Balaban J connectivity index is 2.41. The Morgan fingerprint density at radius 3 is 3.13 bits per heavy atom. The van der Waals surface area contributed by atoms with Crippen molar-refractivity contribution in [3.05, 3.63) is 46.9 Å². The second kappa shape index (κ2) is 2.98. The number of ketones is 1. The van der Waals surface area contributed by atoms with Gasteiger partial charge in [-0.3, -0.25) is 4.79 Å². The minimum absolute atomic E-state index is 0.0552. The summed E-state index contributed by atoms with van der Waals surface area (Å²) < 4.78 is 0. The van der Waals surface area contributed by atoms with Crippen LogP contribution in [0, 0.1) is 0 Å². The fraction of sp³-hybridized carbons (Fsp3) is 0.0833. The van der Waals surface area contributed by atoms with Gasteiger partial charge < -0.3 is 0 Å². The van der Waals surface area contributed by atoms with Gasteiger partial charge in [0.25, 0.3) is 0 Å². The third kappa shape index (κ3) is 1.24. The number of nitrogens with zero attached hydrogens (tertiary/aromatic N) is 2. The van der Waals surface area contributed by atoms with Gasteiger partial charge in [-0.25, -0.2) is 9.97 Å². The Morgan fingerprint density at radius 1 is 1.27 bits per heavy atom. The molecule has 0 radical (unpaired) electrons. The van der Waals surface area contributed by atoms with Gasteiger partial charge in [0.2, 0.25) is 0 Å². The zero-order valence-corrected chi connectivity index (χ0v) is 7.97. The molecule has 15 heavy (non-hydrogen) atoms. The van der Waals surface area contributed by atoms with E-state index in [9.17, 15) is 4.79 Å². The molecule has 1 aromatic heterocycles. The summed E-state index contributed by atoms with van der Waals surface area (Å²) in [6.07, 6.45) is 11.3. The van der Waals surface area contributed by atoms with Gasteiger partial charge in [-0.2, -0.15) is 0 Å². The topological polar surface area (TPSA) is 42.9 Å². The van der Waals surface area contributed by atoms with Gasteiger partial charge in [0.05, 0.1) is 5.35 Å². The molecule has 3 heteroatoms. The molecule has 0 saturated heterocycles. The lowest BCUT2D eigenvalue weighted by Crippen LogP contribution is -2.34. The number of hydrogen-bond acceptors (Lipinski definition) is 3. The van der Waals surface area contributed by atoms with E-state index < -0.39 is 0 Å². The molecule has 2 aliphatic carbocycles. The van der Waals surface area contributed by atoms with Crippen molar-refractivity contribution in [3.63, 3.8) is 0 Å². The van der Waals surface area contributed by atoms with Gasteiger partial charge in [0.1, 0.15) is 6.33 Å². The third-order valence-electron chi connectivity index (χ3n) is 2.61. The average Bonchev–Trinajstić information content (AvgIpc) is 2.28. The highest BCUT2D eigenvalue weighted by molar-refractivity contribution is 6.06. The zero-order chi connectivity index (χ0) is 10.3. The molecule has 0 N–H and O–H groups in total. The number of carbonyl (C=O) groups excluding carboxylic acids is 1. The molecular formula is C12H8N2O. The summed E-state index contributed by atoms with van der Waals surface area (Å²) in [6.45, 7) is 0. The van der Waals surface area contributed by atoms with Crippen molar-refractivity contribution in [2.45, 2.75) is 6.42 Å². The first-order chi connectivity index (χ1) is 7.34. The van der Waals surface area contributed by atoms with Crippen LogP contribution in [0.3, 0.4) is 0 Å². The van der Waals surface area contributed by atoms with Crippen molar-refractivity contribution in [1.82, 2.24) is 9.97 Å². The number of fused-ring (bicyclic) bond motifs is 2. The van der Waals surface area contributed by atoms with Crippen molar-refractivity contribution >= 4 is 17.4 Å². The maximum Gasteiger partial charge on any atom is 0.178 e. The minimum atomic E-state index is 0.0552. The van der Waals surface area contributed by atoms with Gasteiger partial charge in [0.15, 0.2) is 5.78 Å². The second-order valence-corrected chi connectivity index (χ2v) is 3.55. The Kier molecular flexibility index (Phi) is 1.65. The Morgan fingerprint density at radius 2 is 2.20 bits per heavy atom. The summed E-state index contributed by atoms with van der Waals surface area (Å²) in [7, 11) is 0. The number of rotatable bonds is 0. The number of allylic oxidation sites excluding steroid dienone is 4. The standard InChI is InChI=1S/C12H8N2O/c15-10-3-4-11-8(5-10)1-2-9-6-13-7-14-12(9)11/h2-7H,1H2. The molecule has 72 valence electrons. The monoisotopic (exact) mass is 196 g/mol. The lowest BCUT2D eigenvalue weighted by molar-refractivity contribution is -0.110. The van der Waals surface area contributed by atoms with Crippen molar-refractivity contribution in [3.8, 4) is 0 Å². The summed E-state index contributed by atoms with van der Waals surface area (Å²) in [6, 6.07) is 0. The van der Waals surface area contributed by atoms with E-state index in [0.717, 1.165) is 28.1 Å². The third-order valence-corrected chi connectivity index (χ3v) is 2.61. The summed E-state index contributed by atoms with van der Waals surface area (Å²) in [5.74, 6) is 0.0552. The molecule has 0 fully saturated rings. The summed E-state index contributed by atoms with van der Waals surface area (Å²) in [5, 5.41) is 1.97. The van der Waals surface area contributed by atoms with Crippen LogP contribution in [0.15, 0.2) is 36.3 Å². The number of aromatic nitrogens is 2. The molecule has 0 unspecified atom stereocenters. The van der Waals surface area contributed by atoms with Crippen molar-refractivity contribution in [1.29, 1.82) is 0 Å². The van der Waals surface area contributed by atoms with E-state index in [1.54, 1.807) is 18.3 Å². The molecule has 3 nitrogen and oxygen atoms in total. The summed E-state index contributed by atoms with van der Waals surface area (Å²) in [4.78, 5) is 19.4. The summed E-state index contributed by atoms with van der Waals surface area (Å²) in [5.41, 5.74) is 2.10. The van der Waals surface area contributed by atoms with Crippen molar-refractivity contribution < 1.29 is 4.79 Å². The van der Waals surface area contributed by atoms with Crippen LogP contribution in [0.5, 0.6) is 0 Å². The van der Waals surface area contributed by atoms with Gasteiger partial charge in [-0.05, 0) is 30.2 Å². The zero-order valence-electron chi connectivity index (χ0n) is 7.97. The SMILES string of the molecule is O=C1C=CC2=c3ncncc3=CCC2=C1. The van der Waals surface area contributed by atoms with Gasteiger partial charge in [0, 0.05) is 17.0 Å². The highest BCUT2D eigenvalue weighted by Gasteiger charge is 2.13. The Labute approximate surface area is 86.2 Å². The van der Waals surface area contributed by atoms with E-state index >= 15 is 0 Å². The van der Waals surface area contributed by atoms with Crippen LogP contribution >= 0.6 is 0 Å².